The van der Waals surface area contributed by atoms with E-state index in [0.717, 1.165) is 24.2 Å². The largest absolute Gasteiger partial charge is 0.477 e. The molecule has 0 saturated carbocycles. The van der Waals surface area contributed by atoms with Gasteiger partial charge in [-0.15, -0.1) is 0 Å². The third-order valence-electron chi connectivity index (χ3n) is 2.99. The molecule has 3 heteroatoms. The first-order valence-electron chi connectivity index (χ1n) is 6.13. The summed E-state index contributed by atoms with van der Waals surface area (Å²) in [7, 11) is 0. The quantitative estimate of drug-likeness (QED) is 0.892. The Hall–Kier alpha value is -2.03. The van der Waals surface area contributed by atoms with Crippen LogP contribution in [-0.4, -0.2) is 15.6 Å². The normalized spacial score (nSPS) is 10.6. The number of carbonyl (C=O) groups is 1. The molecule has 1 aromatic carbocycles. The highest BCUT2D eigenvalue weighted by atomic mass is 16.4. The molecular formula is C15H17NO2. The molecule has 94 valence electrons. The molecule has 3 nitrogen and oxygen atoms in total. The van der Waals surface area contributed by atoms with Crippen LogP contribution in [-0.2, 0) is 6.54 Å². The van der Waals surface area contributed by atoms with E-state index in [2.05, 4.69) is 0 Å². The second-order valence-electron chi connectivity index (χ2n) is 4.43. The van der Waals surface area contributed by atoms with Gasteiger partial charge in [0.2, 0.25) is 0 Å². The van der Waals surface area contributed by atoms with Crippen molar-refractivity contribution >= 4 is 5.97 Å². The maximum atomic E-state index is 11.2. The zero-order valence-corrected chi connectivity index (χ0v) is 10.7. The van der Waals surface area contributed by atoms with Gasteiger partial charge in [-0.3, -0.25) is 0 Å². The molecule has 0 bridgehead atoms. The van der Waals surface area contributed by atoms with Crippen LogP contribution in [0, 0.1) is 6.92 Å². The number of carboxylic acids is 1. The lowest BCUT2D eigenvalue weighted by atomic mass is 10.1. The van der Waals surface area contributed by atoms with E-state index in [4.69, 9.17) is 0 Å². The van der Waals surface area contributed by atoms with Crippen LogP contribution in [0.15, 0.2) is 36.4 Å². The summed E-state index contributed by atoms with van der Waals surface area (Å²) in [5, 5.41) is 9.18. The molecule has 0 aliphatic rings. The summed E-state index contributed by atoms with van der Waals surface area (Å²) in [6.45, 7) is 4.81. The summed E-state index contributed by atoms with van der Waals surface area (Å²) < 4.78 is 1.87. The first-order chi connectivity index (χ1) is 8.63. The van der Waals surface area contributed by atoms with Crippen LogP contribution in [0.5, 0.6) is 0 Å². The Morgan fingerprint density at radius 3 is 2.39 bits per heavy atom. The fourth-order valence-corrected chi connectivity index (χ4v) is 2.10. The number of rotatable bonds is 4. The number of hydrogen-bond acceptors (Lipinski definition) is 1. The minimum absolute atomic E-state index is 0.354. The van der Waals surface area contributed by atoms with Crippen molar-refractivity contribution in [2.45, 2.75) is 26.8 Å². The molecule has 0 unspecified atom stereocenters. The van der Waals surface area contributed by atoms with Gasteiger partial charge in [0, 0.05) is 12.2 Å². The molecule has 0 spiro atoms. The van der Waals surface area contributed by atoms with E-state index in [1.54, 1.807) is 6.07 Å². The van der Waals surface area contributed by atoms with Crippen molar-refractivity contribution in [3.05, 3.63) is 47.7 Å². The average molecular weight is 243 g/mol. The van der Waals surface area contributed by atoms with Crippen LogP contribution in [0.25, 0.3) is 11.3 Å². The minimum atomic E-state index is -0.873. The highest BCUT2D eigenvalue weighted by Gasteiger charge is 2.14. The predicted molar refractivity (Wildman–Crippen MR) is 71.9 cm³/mol. The zero-order valence-electron chi connectivity index (χ0n) is 10.7. The number of aryl methyl sites for hydroxylation is 1. The fourth-order valence-electron chi connectivity index (χ4n) is 2.10. The number of aromatic nitrogens is 1. The molecular weight excluding hydrogens is 226 g/mol. The Labute approximate surface area is 107 Å². The second kappa shape index (κ2) is 5.08. The highest BCUT2D eigenvalue weighted by Crippen LogP contribution is 2.23. The molecule has 2 rings (SSSR count). The number of carboxylic acid groups (broad SMARTS) is 1. The molecule has 0 saturated heterocycles. The summed E-state index contributed by atoms with van der Waals surface area (Å²) in [4.78, 5) is 11.2. The van der Waals surface area contributed by atoms with Crippen LogP contribution in [0.4, 0.5) is 0 Å². The third-order valence-corrected chi connectivity index (χ3v) is 2.99. The number of nitrogens with zero attached hydrogens (tertiary/aromatic N) is 1. The second-order valence-corrected chi connectivity index (χ2v) is 4.43. The van der Waals surface area contributed by atoms with Crippen molar-refractivity contribution < 1.29 is 9.90 Å². The SMILES string of the molecule is CCCn1c(C(=O)O)ccc1-c1ccc(C)cc1. The smallest absolute Gasteiger partial charge is 0.352 e. The molecule has 18 heavy (non-hydrogen) atoms. The van der Waals surface area contributed by atoms with Crippen LogP contribution >= 0.6 is 0 Å². The van der Waals surface area contributed by atoms with Crippen molar-refractivity contribution in [1.82, 2.24) is 4.57 Å². The van der Waals surface area contributed by atoms with Gasteiger partial charge in [-0.05, 0) is 31.0 Å². The van der Waals surface area contributed by atoms with Gasteiger partial charge >= 0.3 is 5.97 Å². The van der Waals surface area contributed by atoms with Gasteiger partial charge in [0.1, 0.15) is 5.69 Å². The van der Waals surface area contributed by atoms with Crippen molar-refractivity contribution in [2.24, 2.45) is 0 Å². The molecule has 0 amide bonds. The van der Waals surface area contributed by atoms with Crippen LogP contribution < -0.4 is 0 Å². The van der Waals surface area contributed by atoms with Gasteiger partial charge < -0.3 is 9.67 Å². The van der Waals surface area contributed by atoms with E-state index >= 15 is 0 Å². The highest BCUT2D eigenvalue weighted by molar-refractivity contribution is 5.87. The Morgan fingerprint density at radius 1 is 1.17 bits per heavy atom. The number of aromatic carboxylic acids is 1. The van der Waals surface area contributed by atoms with Crippen LogP contribution in [0.2, 0.25) is 0 Å². The molecule has 0 aliphatic carbocycles. The molecule has 1 heterocycles. The van der Waals surface area contributed by atoms with Gasteiger partial charge in [-0.1, -0.05) is 36.8 Å². The van der Waals surface area contributed by atoms with Gasteiger partial charge in [-0.25, -0.2) is 4.79 Å². The number of benzene rings is 1. The summed E-state index contributed by atoms with van der Waals surface area (Å²) >= 11 is 0. The first kappa shape index (κ1) is 12.4. The predicted octanol–water partition coefficient (Wildman–Crippen LogP) is 3.57. The van der Waals surface area contributed by atoms with E-state index in [1.807, 2.05) is 48.7 Å². The fraction of sp³-hybridized carbons (Fsp3) is 0.267. The lowest BCUT2D eigenvalue weighted by molar-refractivity contribution is 0.0685. The zero-order chi connectivity index (χ0) is 13.1. The molecule has 1 N–H and O–H groups in total. The summed E-state index contributed by atoms with van der Waals surface area (Å²) in [5.74, 6) is -0.873. The van der Waals surface area contributed by atoms with E-state index in [-0.39, 0.29) is 0 Å². The molecule has 0 aliphatic heterocycles. The molecule has 0 atom stereocenters. The Bertz CT molecular complexity index is 552. The lowest BCUT2D eigenvalue weighted by Crippen LogP contribution is -2.09. The maximum absolute atomic E-state index is 11.2. The third kappa shape index (κ3) is 2.30. The standard InChI is InChI=1S/C15H17NO2/c1-3-10-16-13(8-9-14(16)15(17)18)12-6-4-11(2)5-7-12/h4-9H,3,10H2,1-2H3,(H,17,18). The first-order valence-corrected chi connectivity index (χ1v) is 6.13. The molecule has 0 radical (unpaired) electrons. The van der Waals surface area contributed by atoms with Crippen molar-refractivity contribution in [1.29, 1.82) is 0 Å². The molecule has 0 fully saturated rings. The Morgan fingerprint density at radius 2 is 1.83 bits per heavy atom. The summed E-state index contributed by atoms with van der Waals surface area (Å²) in [5.41, 5.74) is 3.58. The molecule has 2 aromatic rings. The van der Waals surface area contributed by atoms with Crippen LogP contribution in [0.3, 0.4) is 0 Å². The van der Waals surface area contributed by atoms with Crippen molar-refractivity contribution in [2.75, 3.05) is 0 Å². The van der Waals surface area contributed by atoms with E-state index < -0.39 is 5.97 Å². The topological polar surface area (TPSA) is 42.2 Å². The lowest BCUT2D eigenvalue weighted by Gasteiger charge is -2.10. The van der Waals surface area contributed by atoms with Gasteiger partial charge in [0.15, 0.2) is 0 Å². The summed E-state index contributed by atoms with van der Waals surface area (Å²) in [6.07, 6.45) is 0.911. The summed E-state index contributed by atoms with van der Waals surface area (Å²) in [6, 6.07) is 11.7. The maximum Gasteiger partial charge on any atom is 0.352 e. The van der Waals surface area contributed by atoms with Gasteiger partial charge in [0.05, 0.1) is 0 Å². The minimum Gasteiger partial charge on any atom is -0.477 e. The average Bonchev–Trinajstić information content (AvgIpc) is 2.74. The number of hydrogen-bond donors (Lipinski definition) is 1. The Kier molecular flexibility index (Phi) is 3.51. The Balaban J connectivity index is 2.50. The monoisotopic (exact) mass is 243 g/mol. The van der Waals surface area contributed by atoms with E-state index in [9.17, 15) is 9.90 Å². The molecule has 1 aromatic heterocycles. The van der Waals surface area contributed by atoms with Crippen LogP contribution in [0.1, 0.15) is 29.4 Å². The van der Waals surface area contributed by atoms with E-state index in [1.165, 1.54) is 5.56 Å². The van der Waals surface area contributed by atoms with E-state index in [0.29, 0.717) is 5.69 Å². The van der Waals surface area contributed by atoms with Gasteiger partial charge in [-0.2, -0.15) is 0 Å². The van der Waals surface area contributed by atoms with Crippen molar-refractivity contribution in [3.8, 4) is 11.3 Å². The van der Waals surface area contributed by atoms with Crippen molar-refractivity contribution in [3.63, 3.8) is 0 Å². The van der Waals surface area contributed by atoms with Gasteiger partial charge in [0.25, 0.3) is 0 Å².